The number of nitrogens with zero attached hydrogens (tertiary/aromatic N) is 2. The first-order valence-electron chi connectivity index (χ1n) is 5.73. The predicted octanol–water partition coefficient (Wildman–Crippen LogP) is 2.64. The van der Waals surface area contributed by atoms with Gasteiger partial charge in [-0.05, 0) is 26.3 Å². The van der Waals surface area contributed by atoms with Gasteiger partial charge >= 0.3 is 0 Å². The molecule has 0 aliphatic heterocycles. The van der Waals surface area contributed by atoms with Crippen LogP contribution in [0.15, 0.2) is 0 Å². The molecule has 2 heterocycles. The molecule has 0 unspecified atom stereocenters. The zero-order valence-corrected chi connectivity index (χ0v) is 11.2. The molecule has 0 bridgehead atoms. The molecule has 0 saturated carbocycles. The smallest absolute Gasteiger partial charge is 0.194 e. The Kier molecular flexibility index (Phi) is 3.04. The van der Waals surface area contributed by atoms with Gasteiger partial charge in [0.1, 0.15) is 0 Å². The summed E-state index contributed by atoms with van der Waals surface area (Å²) in [5.74, 6) is 0.466. The number of hydrogen-bond donors (Lipinski definition) is 1. The number of nitrogens with two attached hydrogens (primary N) is 1. The predicted molar refractivity (Wildman–Crippen MR) is 69.4 cm³/mol. The standard InChI is InChI=1S/C12H19N3S/c1-7(2)11-10(5-6-13)15-8(3)9(4)16-12(15)14-11/h7H,5-6,13H2,1-4H3. The fourth-order valence-corrected chi connectivity index (χ4v) is 3.06. The van der Waals surface area contributed by atoms with Crippen molar-refractivity contribution in [2.75, 3.05) is 6.54 Å². The van der Waals surface area contributed by atoms with Crippen molar-refractivity contribution >= 4 is 16.3 Å². The van der Waals surface area contributed by atoms with Crippen LogP contribution in [0.25, 0.3) is 4.96 Å². The topological polar surface area (TPSA) is 43.3 Å². The monoisotopic (exact) mass is 237 g/mol. The molecule has 0 saturated heterocycles. The van der Waals surface area contributed by atoms with E-state index in [9.17, 15) is 0 Å². The maximum absolute atomic E-state index is 5.70. The van der Waals surface area contributed by atoms with E-state index in [1.54, 1.807) is 11.3 Å². The molecule has 2 rings (SSSR count). The largest absolute Gasteiger partial charge is 0.330 e. The molecule has 0 spiro atoms. The molecule has 2 N–H and O–H groups in total. The first-order chi connectivity index (χ1) is 7.56. The third-order valence-corrected chi connectivity index (χ3v) is 4.05. The Hall–Kier alpha value is -0.870. The first kappa shape index (κ1) is 11.6. The summed E-state index contributed by atoms with van der Waals surface area (Å²) in [4.78, 5) is 7.20. The van der Waals surface area contributed by atoms with Crippen molar-refractivity contribution in [3.63, 3.8) is 0 Å². The molecule has 0 atom stereocenters. The molecule has 16 heavy (non-hydrogen) atoms. The van der Waals surface area contributed by atoms with Crippen LogP contribution in [0.3, 0.4) is 0 Å². The Morgan fingerprint density at radius 2 is 2.06 bits per heavy atom. The van der Waals surface area contributed by atoms with Crippen molar-refractivity contribution in [1.82, 2.24) is 9.38 Å². The average Bonchev–Trinajstić information content (AvgIpc) is 2.68. The number of aromatic nitrogens is 2. The summed E-state index contributed by atoms with van der Waals surface area (Å²) in [5, 5.41) is 0. The van der Waals surface area contributed by atoms with Gasteiger partial charge in [-0.15, -0.1) is 11.3 Å². The van der Waals surface area contributed by atoms with E-state index < -0.39 is 0 Å². The Balaban J connectivity index is 2.70. The molecule has 2 aromatic heterocycles. The second-order valence-corrected chi connectivity index (χ2v) is 5.68. The van der Waals surface area contributed by atoms with E-state index >= 15 is 0 Å². The van der Waals surface area contributed by atoms with Gasteiger partial charge in [0.25, 0.3) is 0 Å². The minimum atomic E-state index is 0.466. The number of aryl methyl sites for hydroxylation is 2. The van der Waals surface area contributed by atoms with Gasteiger partial charge < -0.3 is 5.73 Å². The summed E-state index contributed by atoms with van der Waals surface area (Å²) in [5.41, 5.74) is 9.52. The Labute approximate surface area is 100 Å². The van der Waals surface area contributed by atoms with E-state index in [2.05, 4.69) is 32.1 Å². The summed E-state index contributed by atoms with van der Waals surface area (Å²) in [6.07, 6.45) is 0.908. The summed E-state index contributed by atoms with van der Waals surface area (Å²) < 4.78 is 2.28. The molecule has 0 aromatic carbocycles. The molecular weight excluding hydrogens is 218 g/mol. The zero-order chi connectivity index (χ0) is 11.9. The minimum absolute atomic E-state index is 0.466. The quantitative estimate of drug-likeness (QED) is 0.891. The van der Waals surface area contributed by atoms with Gasteiger partial charge in [0.2, 0.25) is 0 Å². The lowest BCUT2D eigenvalue weighted by Gasteiger charge is -2.06. The van der Waals surface area contributed by atoms with Crippen molar-refractivity contribution in [3.8, 4) is 0 Å². The van der Waals surface area contributed by atoms with Crippen LogP contribution in [-0.4, -0.2) is 15.9 Å². The second-order valence-electron chi connectivity index (χ2n) is 4.50. The van der Waals surface area contributed by atoms with Gasteiger partial charge in [0.05, 0.1) is 5.69 Å². The summed E-state index contributed by atoms with van der Waals surface area (Å²) >= 11 is 1.77. The Morgan fingerprint density at radius 3 is 2.62 bits per heavy atom. The Morgan fingerprint density at radius 1 is 1.38 bits per heavy atom. The molecule has 0 aliphatic rings. The van der Waals surface area contributed by atoms with E-state index in [1.165, 1.54) is 22.0 Å². The van der Waals surface area contributed by atoms with Crippen molar-refractivity contribution in [1.29, 1.82) is 0 Å². The third-order valence-electron chi connectivity index (χ3n) is 2.99. The van der Waals surface area contributed by atoms with Gasteiger partial charge in [0, 0.05) is 22.7 Å². The lowest BCUT2D eigenvalue weighted by atomic mass is 10.1. The van der Waals surface area contributed by atoms with Crippen molar-refractivity contribution in [2.45, 2.75) is 40.0 Å². The number of rotatable bonds is 3. The molecule has 0 amide bonds. The number of fused-ring (bicyclic) bond motifs is 1. The van der Waals surface area contributed by atoms with E-state index in [1.807, 2.05) is 0 Å². The Bertz CT molecular complexity index is 508. The van der Waals surface area contributed by atoms with E-state index in [0.29, 0.717) is 12.5 Å². The molecule has 3 nitrogen and oxygen atoms in total. The van der Waals surface area contributed by atoms with Crippen molar-refractivity contribution in [2.24, 2.45) is 5.73 Å². The van der Waals surface area contributed by atoms with Gasteiger partial charge in [-0.3, -0.25) is 4.40 Å². The lowest BCUT2D eigenvalue weighted by molar-refractivity contribution is 0.788. The van der Waals surface area contributed by atoms with Crippen molar-refractivity contribution < 1.29 is 0 Å². The number of hydrogen-bond acceptors (Lipinski definition) is 3. The van der Waals surface area contributed by atoms with Crippen LogP contribution in [0.2, 0.25) is 0 Å². The van der Waals surface area contributed by atoms with Gasteiger partial charge in [-0.1, -0.05) is 13.8 Å². The third kappa shape index (κ3) is 1.66. The van der Waals surface area contributed by atoms with Gasteiger partial charge in [-0.25, -0.2) is 4.98 Å². The number of imidazole rings is 1. The molecule has 2 aromatic rings. The first-order valence-corrected chi connectivity index (χ1v) is 6.55. The lowest BCUT2D eigenvalue weighted by Crippen LogP contribution is -2.08. The van der Waals surface area contributed by atoms with Crippen LogP contribution in [0.5, 0.6) is 0 Å². The fourth-order valence-electron chi connectivity index (χ4n) is 2.07. The summed E-state index contributed by atoms with van der Waals surface area (Å²) in [7, 11) is 0. The van der Waals surface area contributed by atoms with Crippen LogP contribution >= 0.6 is 11.3 Å². The average molecular weight is 237 g/mol. The van der Waals surface area contributed by atoms with Gasteiger partial charge in [0.15, 0.2) is 4.96 Å². The molecule has 0 aliphatic carbocycles. The van der Waals surface area contributed by atoms with E-state index in [4.69, 9.17) is 10.7 Å². The SMILES string of the molecule is Cc1sc2nc(C(C)C)c(CCN)n2c1C. The highest BCUT2D eigenvalue weighted by Gasteiger charge is 2.18. The van der Waals surface area contributed by atoms with E-state index in [0.717, 1.165) is 11.4 Å². The molecule has 0 radical (unpaired) electrons. The molecular formula is C12H19N3S. The molecule has 88 valence electrons. The maximum Gasteiger partial charge on any atom is 0.194 e. The van der Waals surface area contributed by atoms with Crippen molar-refractivity contribution in [3.05, 3.63) is 22.0 Å². The highest BCUT2D eigenvalue weighted by Crippen LogP contribution is 2.28. The van der Waals surface area contributed by atoms with Crippen LogP contribution in [0.4, 0.5) is 0 Å². The molecule has 0 fully saturated rings. The summed E-state index contributed by atoms with van der Waals surface area (Å²) in [6, 6.07) is 0. The second kappa shape index (κ2) is 4.18. The van der Waals surface area contributed by atoms with Crippen LogP contribution in [0, 0.1) is 13.8 Å². The summed E-state index contributed by atoms with van der Waals surface area (Å²) in [6.45, 7) is 9.37. The zero-order valence-electron chi connectivity index (χ0n) is 10.4. The highest BCUT2D eigenvalue weighted by molar-refractivity contribution is 7.17. The van der Waals surface area contributed by atoms with Crippen LogP contribution in [-0.2, 0) is 6.42 Å². The van der Waals surface area contributed by atoms with Gasteiger partial charge in [-0.2, -0.15) is 0 Å². The maximum atomic E-state index is 5.70. The number of thiazole rings is 1. The highest BCUT2D eigenvalue weighted by atomic mass is 32.1. The van der Waals surface area contributed by atoms with Crippen LogP contribution < -0.4 is 5.73 Å². The van der Waals surface area contributed by atoms with Crippen LogP contribution in [0.1, 0.15) is 41.7 Å². The normalized spacial score (nSPS) is 11.9. The minimum Gasteiger partial charge on any atom is -0.330 e. The van der Waals surface area contributed by atoms with E-state index in [-0.39, 0.29) is 0 Å². The molecule has 4 heteroatoms. The fraction of sp³-hybridized carbons (Fsp3) is 0.583.